The maximum Gasteiger partial charge on any atom is 0.339 e. The fourth-order valence-electron chi connectivity index (χ4n) is 2.05. The Bertz CT molecular complexity index is 627. The highest BCUT2D eigenvalue weighted by Gasteiger charge is 2.32. The highest BCUT2D eigenvalue weighted by Crippen LogP contribution is 2.25. The van der Waals surface area contributed by atoms with Crippen LogP contribution < -0.4 is 0 Å². The first-order valence-corrected chi connectivity index (χ1v) is 7.44. The maximum absolute atomic E-state index is 12.5. The molecule has 1 fully saturated rings. The number of hydrogen-bond acceptors (Lipinski definition) is 5. The van der Waals surface area contributed by atoms with E-state index in [-0.39, 0.29) is 17.5 Å². The molecule has 0 unspecified atom stereocenters. The zero-order valence-corrected chi connectivity index (χ0v) is 11.6. The van der Waals surface area contributed by atoms with Crippen molar-refractivity contribution in [2.45, 2.75) is 17.9 Å². The lowest BCUT2D eigenvalue weighted by atomic mass is 10.2. The summed E-state index contributed by atoms with van der Waals surface area (Å²) in [6, 6.07) is 2.91. The van der Waals surface area contributed by atoms with Crippen LogP contribution in [0.2, 0.25) is 0 Å². The van der Waals surface area contributed by atoms with E-state index in [1.165, 1.54) is 10.4 Å². The third-order valence-corrected chi connectivity index (χ3v) is 5.12. The fourth-order valence-corrected chi connectivity index (χ4v) is 3.68. The summed E-state index contributed by atoms with van der Waals surface area (Å²) in [6.07, 6.45) is 0. The summed E-state index contributed by atoms with van der Waals surface area (Å²) in [7, 11) is -3.81. The number of aromatic carboxylic acids is 1. The molecule has 1 aliphatic heterocycles. The minimum Gasteiger partial charge on any atom is -0.507 e. The Balaban J connectivity index is 2.44. The van der Waals surface area contributed by atoms with E-state index in [1.807, 2.05) is 0 Å². The zero-order chi connectivity index (χ0) is 14.9. The molecule has 0 aromatic heterocycles. The number of phenols is 1. The molecule has 20 heavy (non-hydrogen) atoms. The van der Waals surface area contributed by atoms with Crippen molar-refractivity contribution in [3.8, 4) is 5.75 Å². The molecule has 0 amide bonds. The van der Waals surface area contributed by atoms with Gasteiger partial charge >= 0.3 is 5.97 Å². The van der Waals surface area contributed by atoms with Crippen LogP contribution in [0.3, 0.4) is 0 Å². The number of carboxylic acids is 1. The molecule has 1 saturated heterocycles. The Hall–Kier alpha value is -1.64. The lowest BCUT2D eigenvalue weighted by Gasteiger charge is -2.32. The van der Waals surface area contributed by atoms with Crippen molar-refractivity contribution in [2.24, 2.45) is 0 Å². The smallest absolute Gasteiger partial charge is 0.339 e. The number of hydrogen-bond donors (Lipinski definition) is 2. The van der Waals surface area contributed by atoms with Gasteiger partial charge in [0.05, 0.1) is 18.1 Å². The van der Waals surface area contributed by atoms with Crippen molar-refractivity contribution in [1.29, 1.82) is 0 Å². The first-order chi connectivity index (χ1) is 9.34. The largest absolute Gasteiger partial charge is 0.507 e. The van der Waals surface area contributed by atoms with Crippen LogP contribution >= 0.6 is 0 Å². The van der Waals surface area contributed by atoms with E-state index in [0.717, 1.165) is 12.1 Å². The molecule has 1 atom stereocenters. The van der Waals surface area contributed by atoms with Gasteiger partial charge in [-0.25, -0.2) is 13.2 Å². The van der Waals surface area contributed by atoms with E-state index in [9.17, 15) is 18.3 Å². The summed E-state index contributed by atoms with van der Waals surface area (Å²) in [5, 5.41) is 18.4. The summed E-state index contributed by atoms with van der Waals surface area (Å²) >= 11 is 0. The third kappa shape index (κ3) is 2.62. The molecular weight excluding hydrogens is 286 g/mol. The second kappa shape index (κ2) is 5.39. The maximum atomic E-state index is 12.5. The Kier molecular flexibility index (Phi) is 3.98. The van der Waals surface area contributed by atoms with Crippen molar-refractivity contribution >= 4 is 16.0 Å². The van der Waals surface area contributed by atoms with Crippen LogP contribution in [0.4, 0.5) is 0 Å². The summed E-state index contributed by atoms with van der Waals surface area (Å²) in [5.74, 6) is -1.85. The number of aromatic hydroxyl groups is 1. The van der Waals surface area contributed by atoms with Crippen LogP contribution in [0.5, 0.6) is 5.75 Å². The molecule has 2 N–H and O–H groups in total. The summed E-state index contributed by atoms with van der Waals surface area (Å²) < 4.78 is 31.4. The Labute approximate surface area is 116 Å². The van der Waals surface area contributed by atoms with Gasteiger partial charge < -0.3 is 14.9 Å². The molecule has 1 aromatic rings. The van der Waals surface area contributed by atoms with Crippen LogP contribution in [0, 0.1) is 0 Å². The summed E-state index contributed by atoms with van der Waals surface area (Å²) in [6.45, 7) is 2.53. The highest BCUT2D eigenvalue weighted by molar-refractivity contribution is 7.89. The molecule has 1 aromatic carbocycles. The first-order valence-electron chi connectivity index (χ1n) is 6.00. The second-order valence-corrected chi connectivity index (χ2v) is 6.41. The molecule has 0 spiro atoms. The van der Waals surface area contributed by atoms with Gasteiger partial charge in [-0.2, -0.15) is 4.31 Å². The predicted molar refractivity (Wildman–Crippen MR) is 69.2 cm³/mol. The Morgan fingerprint density at radius 3 is 2.75 bits per heavy atom. The van der Waals surface area contributed by atoms with Crippen LogP contribution in [-0.4, -0.2) is 54.7 Å². The second-order valence-electron chi connectivity index (χ2n) is 4.52. The lowest BCUT2D eigenvalue weighted by Crippen LogP contribution is -2.46. The average molecular weight is 301 g/mol. The molecule has 8 heteroatoms. The molecule has 1 heterocycles. The number of carboxylic acid groups (broad SMARTS) is 1. The molecular formula is C12H15NO6S. The Morgan fingerprint density at radius 2 is 2.15 bits per heavy atom. The minimum absolute atomic E-state index is 0.151. The number of morpholine rings is 1. The molecule has 0 aliphatic carbocycles. The van der Waals surface area contributed by atoms with E-state index in [4.69, 9.17) is 9.84 Å². The van der Waals surface area contributed by atoms with Gasteiger partial charge in [0.1, 0.15) is 11.3 Å². The molecule has 0 bridgehead atoms. The topological polar surface area (TPSA) is 104 Å². The highest BCUT2D eigenvalue weighted by atomic mass is 32.2. The van der Waals surface area contributed by atoms with Gasteiger partial charge in [0, 0.05) is 12.6 Å². The van der Waals surface area contributed by atoms with Gasteiger partial charge in [-0.15, -0.1) is 0 Å². The Morgan fingerprint density at radius 1 is 1.45 bits per heavy atom. The van der Waals surface area contributed by atoms with Gasteiger partial charge in [0.2, 0.25) is 10.0 Å². The van der Waals surface area contributed by atoms with E-state index in [2.05, 4.69) is 0 Å². The van der Waals surface area contributed by atoms with Crippen molar-refractivity contribution in [2.75, 3.05) is 19.8 Å². The van der Waals surface area contributed by atoms with Crippen molar-refractivity contribution in [3.05, 3.63) is 23.8 Å². The predicted octanol–water partition coefficient (Wildman–Crippen LogP) is 0.500. The minimum atomic E-state index is -3.81. The number of ether oxygens (including phenoxy) is 1. The molecule has 110 valence electrons. The quantitative estimate of drug-likeness (QED) is 0.842. The van der Waals surface area contributed by atoms with Gasteiger partial charge in [0.15, 0.2) is 0 Å². The van der Waals surface area contributed by atoms with E-state index >= 15 is 0 Å². The third-order valence-electron chi connectivity index (χ3n) is 3.11. The molecule has 2 rings (SSSR count). The first kappa shape index (κ1) is 14.8. The number of benzene rings is 1. The number of rotatable bonds is 3. The van der Waals surface area contributed by atoms with Crippen molar-refractivity contribution in [3.63, 3.8) is 0 Å². The van der Waals surface area contributed by atoms with Crippen LogP contribution in [0.15, 0.2) is 23.1 Å². The SMILES string of the molecule is C[C@@H]1COCCN1S(=O)(=O)c1ccc(O)c(C(=O)O)c1. The lowest BCUT2D eigenvalue weighted by molar-refractivity contribution is 0.0392. The molecule has 0 saturated carbocycles. The summed E-state index contributed by atoms with van der Waals surface area (Å²) in [5.41, 5.74) is -0.438. The zero-order valence-electron chi connectivity index (χ0n) is 10.8. The molecule has 0 radical (unpaired) electrons. The van der Waals surface area contributed by atoms with E-state index < -0.39 is 27.3 Å². The number of nitrogens with zero attached hydrogens (tertiary/aromatic N) is 1. The van der Waals surface area contributed by atoms with Crippen LogP contribution in [-0.2, 0) is 14.8 Å². The fraction of sp³-hybridized carbons (Fsp3) is 0.417. The van der Waals surface area contributed by atoms with Gasteiger partial charge in [-0.05, 0) is 25.1 Å². The molecule has 1 aliphatic rings. The normalized spacial score (nSPS) is 20.8. The monoisotopic (exact) mass is 301 g/mol. The van der Waals surface area contributed by atoms with Crippen LogP contribution in [0.25, 0.3) is 0 Å². The van der Waals surface area contributed by atoms with Gasteiger partial charge in [-0.1, -0.05) is 0 Å². The van der Waals surface area contributed by atoms with Crippen molar-refractivity contribution in [1.82, 2.24) is 4.31 Å². The van der Waals surface area contributed by atoms with Crippen LogP contribution in [0.1, 0.15) is 17.3 Å². The number of carbonyl (C=O) groups is 1. The van der Waals surface area contributed by atoms with Crippen molar-refractivity contribution < 1.29 is 28.2 Å². The van der Waals surface area contributed by atoms with Gasteiger partial charge in [-0.3, -0.25) is 0 Å². The molecule has 7 nitrogen and oxygen atoms in total. The van der Waals surface area contributed by atoms with Gasteiger partial charge in [0.25, 0.3) is 0 Å². The standard InChI is InChI=1S/C12H15NO6S/c1-8-7-19-5-4-13(8)20(17,18)9-2-3-11(14)10(6-9)12(15)16/h2-3,6,8,14H,4-5,7H2,1H3,(H,15,16)/t8-/m1/s1. The average Bonchev–Trinajstić information content (AvgIpc) is 2.38. The summed E-state index contributed by atoms with van der Waals surface area (Å²) in [4.78, 5) is 10.8. The van der Waals surface area contributed by atoms with E-state index in [1.54, 1.807) is 6.92 Å². The van der Waals surface area contributed by atoms with E-state index in [0.29, 0.717) is 13.2 Å². The number of sulfonamides is 1.